The van der Waals surface area contributed by atoms with Gasteiger partial charge in [-0.15, -0.1) is 0 Å². The molecule has 226 valence electrons. The van der Waals surface area contributed by atoms with Crippen molar-refractivity contribution < 1.29 is 23.5 Å². The largest absolute Gasteiger partial charge is 0.461 e. The number of hydrogen-bond donors (Lipinski definition) is 0. The zero-order valence-electron chi connectivity index (χ0n) is 26.2. The maximum Gasteiger partial charge on any atom is 0.303 e. The van der Waals surface area contributed by atoms with Crippen LogP contribution in [0.15, 0.2) is 0 Å². The van der Waals surface area contributed by atoms with E-state index >= 15 is 0 Å². The fourth-order valence-electron chi connectivity index (χ4n) is 11.7. The quantitative estimate of drug-likeness (QED) is 0.315. The van der Waals surface area contributed by atoms with Gasteiger partial charge in [-0.25, -0.2) is 0 Å². The molecule has 6 nitrogen and oxygen atoms in total. The lowest BCUT2D eigenvalue weighted by atomic mass is 9.44. The Kier molecular flexibility index (Phi) is 7.85. The number of ether oxygens (including phenoxy) is 2. The van der Waals surface area contributed by atoms with Gasteiger partial charge in [0.05, 0.1) is 20.1 Å². The summed E-state index contributed by atoms with van der Waals surface area (Å²) >= 11 is 0. The summed E-state index contributed by atoms with van der Waals surface area (Å²) in [6.07, 6.45) is 16.3. The Morgan fingerprint density at radius 2 is 1.48 bits per heavy atom. The summed E-state index contributed by atoms with van der Waals surface area (Å²) in [5.41, 5.74) is 0.377. The van der Waals surface area contributed by atoms with Gasteiger partial charge < -0.3 is 14.0 Å². The van der Waals surface area contributed by atoms with Crippen molar-refractivity contribution in [2.75, 3.05) is 33.2 Å². The van der Waals surface area contributed by atoms with Crippen LogP contribution < -0.4 is 0 Å². The van der Waals surface area contributed by atoms with Gasteiger partial charge >= 0.3 is 11.9 Å². The van der Waals surface area contributed by atoms with Gasteiger partial charge in [-0.05, 0) is 113 Å². The first-order valence-corrected chi connectivity index (χ1v) is 17.0. The highest BCUT2D eigenvalue weighted by Gasteiger charge is 2.67. The standard InChI is InChI=1S/C34H57N2O4/c1-23(37)39-31-20-25-12-13-26-27(34(25,4)22-29(31)35-16-8-6-9-17-35)14-15-33(3)28(26)21-30(32(33)40-24(2)38)36(5)18-10-7-11-19-36/h25-32H,6-22H2,1-5H3/q+1/t25-,26?,27?,28?,29?,30?,31-,32+,33-,34-/m0/s1. The third-order valence-electron chi connectivity index (χ3n) is 13.7. The number of quaternary nitrogens is 1. The first kappa shape index (κ1) is 29.0. The molecule has 0 bridgehead atoms. The number of likely N-dealkylation sites (tertiary alicyclic amines) is 2. The van der Waals surface area contributed by atoms with Crippen molar-refractivity contribution in [3.63, 3.8) is 0 Å². The Morgan fingerprint density at radius 1 is 0.800 bits per heavy atom. The summed E-state index contributed by atoms with van der Waals surface area (Å²) in [6, 6.07) is 0.796. The summed E-state index contributed by atoms with van der Waals surface area (Å²) < 4.78 is 13.5. The average Bonchev–Trinajstić information content (AvgIpc) is 3.21. The molecule has 4 saturated carbocycles. The minimum atomic E-state index is -0.111. The maximum atomic E-state index is 12.5. The highest BCUT2D eigenvalue weighted by molar-refractivity contribution is 5.66. The summed E-state index contributed by atoms with van der Waals surface area (Å²) in [6.45, 7) is 13.1. The molecule has 0 spiro atoms. The van der Waals surface area contributed by atoms with Crippen LogP contribution in [-0.2, 0) is 19.1 Å². The van der Waals surface area contributed by atoms with Crippen molar-refractivity contribution in [2.24, 2.45) is 34.5 Å². The van der Waals surface area contributed by atoms with Gasteiger partial charge in [0.25, 0.3) is 0 Å². The second-order valence-electron chi connectivity index (χ2n) is 15.8. The van der Waals surface area contributed by atoms with Crippen LogP contribution in [0.4, 0.5) is 0 Å². The van der Waals surface area contributed by atoms with E-state index in [1.807, 2.05) is 0 Å². The van der Waals surface area contributed by atoms with E-state index in [4.69, 9.17) is 9.47 Å². The Morgan fingerprint density at radius 3 is 2.15 bits per heavy atom. The third-order valence-corrected chi connectivity index (χ3v) is 13.7. The molecule has 6 rings (SSSR count). The zero-order valence-corrected chi connectivity index (χ0v) is 26.2. The molecule has 0 N–H and O–H groups in total. The van der Waals surface area contributed by atoms with Crippen LogP contribution in [0.1, 0.15) is 111 Å². The average molecular weight is 558 g/mol. The molecule has 2 saturated heterocycles. The number of likely N-dealkylation sites (N-methyl/N-ethyl adjacent to an activating group) is 1. The van der Waals surface area contributed by atoms with E-state index in [2.05, 4.69) is 25.8 Å². The summed E-state index contributed by atoms with van der Waals surface area (Å²) in [5, 5.41) is 0. The fourth-order valence-corrected chi connectivity index (χ4v) is 11.7. The lowest BCUT2D eigenvalue weighted by Gasteiger charge is -2.62. The second kappa shape index (κ2) is 10.8. The smallest absolute Gasteiger partial charge is 0.303 e. The number of rotatable bonds is 4. The van der Waals surface area contributed by atoms with Crippen LogP contribution in [0.3, 0.4) is 0 Å². The van der Waals surface area contributed by atoms with Gasteiger partial charge in [0.15, 0.2) is 6.10 Å². The van der Waals surface area contributed by atoms with Gasteiger partial charge in [0.1, 0.15) is 12.1 Å². The normalized spacial score (nSPS) is 46.9. The van der Waals surface area contributed by atoms with E-state index in [9.17, 15) is 9.59 Å². The number of hydrogen-bond acceptors (Lipinski definition) is 5. The lowest BCUT2D eigenvalue weighted by Crippen LogP contribution is -2.61. The number of esters is 2. The molecule has 0 aromatic heterocycles. The molecule has 2 aliphatic heterocycles. The topological polar surface area (TPSA) is 55.8 Å². The van der Waals surface area contributed by atoms with Gasteiger partial charge in [-0.3, -0.25) is 14.5 Å². The minimum Gasteiger partial charge on any atom is -0.461 e. The van der Waals surface area contributed by atoms with E-state index in [0.29, 0.717) is 35.3 Å². The molecule has 0 aromatic rings. The minimum absolute atomic E-state index is 0.0466. The molecule has 5 unspecified atom stereocenters. The lowest BCUT2D eigenvalue weighted by molar-refractivity contribution is -0.940. The van der Waals surface area contributed by atoms with Gasteiger partial charge in [0.2, 0.25) is 0 Å². The monoisotopic (exact) mass is 557 g/mol. The predicted molar refractivity (Wildman–Crippen MR) is 156 cm³/mol. The number of nitrogens with zero attached hydrogens (tertiary/aromatic N) is 2. The molecular weight excluding hydrogens is 500 g/mol. The summed E-state index contributed by atoms with van der Waals surface area (Å²) in [5.74, 6) is 2.50. The summed E-state index contributed by atoms with van der Waals surface area (Å²) in [4.78, 5) is 27.4. The molecule has 6 heteroatoms. The molecule has 40 heavy (non-hydrogen) atoms. The van der Waals surface area contributed by atoms with Gasteiger partial charge in [0, 0.05) is 31.7 Å². The number of carbonyl (C=O) groups excluding carboxylic acids is 2. The van der Waals surface area contributed by atoms with E-state index in [0.717, 1.165) is 29.9 Å². The number of carbonyl (C=O) groups is 2. The molecule has 0 radical (unpaired) electrons. The Labute approximate surface area is 243 Å². The molecule has 6 aliphatic rings. The van der Waals surface area contributed by atoms with Crippen molar-refractivity contribution in [2.45, 2.75) is 135 Å². The summed E-state index contributed by atoms with van der Waals surface area (Å²) in [7, 11) is 2.47. The van der Waals surface area contributed by atoms with Crippen LogP contribution >= 0.6 is 0 Å². The predicted octanol–water partition coefficient (Wildman–Crippen LogP) is 5.97. The maximum absolute atomic E-state index is 12.5. The van der Waals surface area contributed by atoms with Crippen molar-refractivity contribution in [1.82, 2.24) is 4.90 Å². The highest BCUT2D eigenvalue weighted by Crippen LogP contribution is 2.67. The van der Waals surface area contributed by atoms with Crippen LogP contribution in [0, 0.1) is 34.5 Å². The van der Waals surface area contributed by atoms with Crippen molar-refractivity contribution >= 4 is 11.9 Å². The first-order chi connectivity index (χ1) is 19.0. The Hall–Kier alpha value is -1.14. The van der Waals surface area contributed by atoms with E-state index < -0.39 is 0 Å². The molecular formula is C34H57N2O4+. The van der Waals surface area contributed by atoms with E-state index in [-0.39, 0.29) is 29.6 Å². The highest BCUT2D eigenvalue weighted by atomic mass is 16.5. The molecule has 0 aromatic carbocycles. The second-order valence-corrected chi connectivity index (χ2v) is 15.8. The molecule has 10 atom stereocenters. The van der Waals surface area contributed by atoms with Crippen LogP contribution in [0.5, 0.6) is 0 Å². The van der Waals surface area contributed by atoms with Crippen molar-refractivity contribution in [3.05, 3.63) is 0 Å². The van der Waals surface area contributed by atoms with E-state index in [1.165, 1.54) is 90.1 Å². The Balaban J connectivity index is 1.29. The molecule has 4 aliphatic carbocycles. The van der Waals surface area contributed by atoms with Gasteiger partial charge in [-0.2, -0.15) is 0 Å². The fraction of sp³-hybridized carbons (Fsp3) is 0.941. The van der Waals surface area contributed by atoms with Crippen molar-refractivity contribution in [1.29, 1.82) is 0 Å². The Bertz CT molecular complexity index is 958. The third kappa shape index (κ3) is 4.85. The number of piperidine rings is 2. The molecule has 0 amide bonds. The van der Waals surface area contributed by atoms with Crippen LogP contribution in [0.2, 0.25) is 0 Å². The molecule has 6 fully saturated rings. The van der Waals surface area contributed by atoms with Crippen LogP contribution in [-0.4, -0.2) is 78.8 Å². The van der Waals surface area contributed by atoms with E-state index in [1.54, 1.807) is 13.8 Å². The molecule has 2 heterocycles. The zero-order chi connectivity index (χ0) is 28.3. The SMILES string of the molecule is CC(=O)O[C@H]1C[C@@H]2CCC3C4CC([N+]5(C)CCCCC5)[C@@H](OC(C)=O)[C@@]4(C)CCC3[C@@]2(C)CC1N1CCCCC1. The number of fused-ring (bicyclic) bond motifs is 5. The first-order valence-electron chi connectivity index (χ1n) is 17.0. The van der Waals surface area contributed by atoms with Gasteiger partial charge in [-0.1, -0.05) is 20.3 Å². The van der Waals surface area contributed by atoms with Crippen LogP contribution in [0.25, 0.3) is 0 Å². The van der Waals surface area contributed by atoms with Crippen molar-refractivity contribution in [3.8, 4) is 0 Å².